The lowest BCUT2D eigenvalue weighted by Gasteiger charge is -2.46. The fraction of sp³-hybridized carbons (Fsp3) is 1.00. The van der Waals surface area contributed by atoms with Crippen molar-refractivity contribution in [2.45, 2.75) is 102 Å². The molecule has 0 bridgehead atoms. The maximum Gasteiger partial charge on any atom is -0.0324 e. The van der Waals surface area contributed by atoms with Crippen molar-refractivity contribution in [1.82, 2.24) is 0 Å². The van der Waals surface area contributed by atoms with Gasteiger partial charge in [-0.1, -0.05) is 89.5 Å². The molecule has 0 aliphatic carbocycles. The Morgan fingerprint density at radius 2 is 0.920 bits per heavy atom. The minimum Gasteiger partial charge on any atom is -0.0651 e. The van der Waals surface area contributed by atoms with E-state index in [9.17, 15) is 0 Å². The molecule has 0 amide bonds. The summed E-state index contributed by atoms with van der Waals surface area (Å²) >= 11 is 0. The van der Waals surface area contributed by atoms with Crippen molar-refractivity contribution < 1.29 is 0 Å². The van der Waals surface area contributed by atoms with Gasteiger partial charge in [0.25, 0.3) is 0 Å². The van der Waals surface area contributed by atoms with Crippen LogP contribution < -0.4 is 0 Å². The minimum absolute atomic E-state index is 0.779. The van der Waals surface area contributed by atoms with Crippen LogP contribution in [-0.4, -0.2) is 0 Å². The van der Waals surface area contributed by atoms with Crippen LogP contribution in [0, 0.1) is 59.2 Å². The van der Waals surface area contributed by atoms with Crippen molar-refractivity contribution >= 4 is 0 Å². The van der Waals surface area contributed by atoms with E-state index in [1.807, 2.05) is 0 Å². The molecule has 0 heterocycles. The SMILES string of the molecule is CCC(C(C)C(C)C)C(C(C)CC(C)C)C(C(C)C)C(C)CC(C)C. The highest BCUT2D eigenvalue weighted by molar-refractivity contribution is 4.88. The topological polar surface area (TPSA) is 0 Å². The first-order valence-corrected chi connectivity index (χ1v) is 11.4. The molecule has 0 aromatic carbocycles. The molecule has 0 aliphatic rings. The van der Waals surface area contributed by atoms with Gasteiger partial charge in [-0.25, -0.2) is 0 Å². The largest absolute Gasteiger partial charge is 0.0651 e. The highest BCUT2D eigenvalue weighted by Gasteiger charge is 2.40. The minimum atomic E-state index is 0.779. The van der Waals surface area contributed by atoms with Crippen LogP contribution in [0.25, 0.3) is 0 Å². The van der Waals surface area contributed by atoms with Crippen LogP contribution in [0.4, 0.5) is 0 Å². The molecule has 0 radical (unpaired) electrons. The fourth-order valence-electron chi connectivity index (χ4n) is 5.86. The lowest BCUT2D eigenvalue weighted by Crippen LogP contribution is -2.40. The first-order valence-electron chi connectivity index (χ1n) is 11.4. The summed E-state index contributed by atoms with van der Waals surface area (Å²) < 4.78 is 0. The van der Waals surface area contributed by atoms with Gasteiger partial charge < -0.3 is 0 Å². The first kappa shape index (κ1) is 25.0. The van der Waals surface area contributed by atoms with Gasteiger partial charge in [-0.05, 0) is 72.0 Å². The van der Waals surface area contributed by atoms with Crippen molar-refractivity contribution in [2.24, 2.45) is 59.2 Å². The zero-order valence-corrected chi connectivity index (χ0v) is 19.9. The predicted molar refractivity (Wildman–Crippen MR) is 117 cm³/mol. The van der Waals surface area contributed by atoms with Gasteiger partial charge >= 0.3 is 0 Å². The maximum absolute atomic E-state index is 2.57. The lowest BCUT2D eigenvalue weighted by atomic mass is 9.59. The van der Waals surface area contributed by atoms with Gasteiger partial charge in [-0.15, -0.1) is 0 Å². The summed E-state index contributed by atoms with van der Waals surface area (Å²) in [5.41, 5.74) is 0. The molecular formula is C25H52. The number of hydrogen-bond acceptors (Lipinski definition) is 0. The van der Waals surface area contributed by atoms with Crippen LogP contribution in [0.15, 0.2) is 0 Å². The van der Waals surface area contributed by atoms with Gasteiger partial charge in [0.15, 0.2) is 0 Å². The fourth-order valence-corrected chi connectivity index (χ4v) is 5.86. The van der Waals surface area contributed by atoms with Gasteiger partial charge in [0.05, 0.1) is 0 Å². The van der Waals surface area contributed by atoms with Crippen molar-refractivity contribution in [3.8, 4) is 0 Å². The number of hydrogen-bond donors (Lipinski definition) is 0. The quantitative estimate of drug-likeness (QED) is 0.330. The second-order valence-corrected chi connectivity index (χ2v) is 10.8. The van der Waals surface area contributed by atoms with Gasteiger partial charge in [0.2, 0.25) is 0 Å². The lowest BCUT2D eigenvalue weighted by molar-refractivity contribution is 0.0233. The van der Waals surface area contributed by atoms with Gasteiger partial charge in [0.1, 0.15) is 0 Å². The molecule has 0 heteroatoms. The third-order valence-corrected chi connectivity index (χ3v) is 6.91. The smallest absolute Gasteiger partial charge is 0.0324 e. The molecule has 0 nitrogen and oxygen atoms in total. The van der Waals surface area contributed by atoms with E-state index < -0.39 is 0 Å². The van der Waals surface area contributed by atoms with Gasteiger partial charge in [-0.2, -0.15) is 0 Å². The molecule has 0 aromatic heterocycles. The van der Waals surface area contributed by atoms with Crippen LogP contribution in [-0.2, 0) is 0 Å². The van der Waals surface area contributed by atoms with Crippen LogP contribution in [0.3, 0.4) is 0 Å². The molecule has 6 unspecified atom stereocenters. The van der Waals surface area contributed by atoms with E-state index in [-0.39, 0.29) is 0 Å². The van der Waals surface area contributed by atoms with Crippen LogP contribution in [0.2, 0.25) is 0 Å². The second-order valence-electron chi connectivity index (χ2n) is 10.8. The molecule has 0 saturated heterocycles. The molecule has 25 heavy (non-hydrogen) atoms. The Morgan fingerprint density at radius 3 is 1.20 bits per heavy atom. The van der Waals surface area contributed by atoms with Crippen molar-refractivity contribution in [1.29, 1.82) is 0 Å². The summed E-state index contributed by atoms with van der Waals surface area (Å²) in [7, 11) is 0. The van der Waals surface area contributed by atoms with Crippen molar-refractivity contribution in [3.63, 3.8) is 0 Å². The average molecular weight is 353 g/mol. The van der Waals surface area contributed by atoms with Crippen LogP contribution >= 0.6 is 0 Å². The Labute approximate surface area is 161 Å². The summed E-state index contributed by atoms with van der Waals surface area (Å²) in [6.45, 7) is 29.5. The molecule has 0 rings (SSSR count). The third kappa shape index (κ3) is 8.04. The standard InChI is InChI=1S/C25H52/c1-13-23(22(12)18(6)7)25(21(11)15-17(4)5)24(19(8)9)20(10)14-16(2)3/h16-25H,13-15H2,1-12H3. The highest BCUT2D eigenvalue weighted by Crippen LogP contribution is 2.46. The predicted octanol–water partition coefficient (Wildman–Crippen LogP) is 8.56. The Kier molecular flexibility index (Phi) is 11.7. The molecule has 0 aromatic rings. The Bertz CT molecular complexity index is 325. The Hall–Kier alpha value is 0. The van der Waals surface area contributed by atoms with E-state index >= 15 is 0 Å². The highest BCUT2D eigenvalue weighted by atomic mass is 14.4. The molecule has 0 N–H and O–H groups in total. The van der Waals surface area contributed by atoms with E-state index in [0.29, 0.717) is 0 Å². The molecule has 0 saturated carbocycles. The molecule has 0 aliphatic heterocycles. The van der Waals surface area contributed by atoms with E-state index in [2.05, 4.69) is 83.1 Å². The normalized spacial score (nSPS) is 20.2. The van der Waals surface area contributed by atoms with E-state index in [4.69, 9.17) is 0 Å². The van der Waals surface area contributed by atoms with Crippen LogP contribution in [0.1, 0.15) is 102 Å². The average Bonchev–Trinajstić information content (AvgIpc) is 2.44. The van der Waals surface area contributed by atoms with Crippen molar-refractivity contribution in [2.75, 3.05) is 0 Å². The number of rotatable bonds is 12. The molecule has 152 valence electrons. The monoisotopic (exact) mass is 352 g/mol. The summed E-state index contributed by atoms with van der Waals surface area (Å²) in [5.74, 6) is 8.21. The summed E-state index contributed by atoms with van der Waals surface area (Å²) in [6, 6.07) is 0. The molecule has 0 spiro atoms. The zero-order valence-electron chi connectivity index (χ0n) is 19.9. The van der Waals surface area contributed by atoms with Gasteiger partial charge in [-0.3, -0.25) is 0 Å². The summed E-state index contributed by atoms with van der Waals surface area (Å²) in [4.78, 5) is 0. The Balaban J connectivity index is 5.85. The Morgan fingerprint density at radius 1 is 0.520 bits per heavy atom. The molecule has 6 atom stereocenters. The summed E-state index contributed by atoms with van der Waals surface area (Å²) in [5, 5.41) is 0. The third-order valence-electron chi connectivity index (χ3n) is 6.91. The van der Waals surface area contributed by atoms with E-state index in [1.54, 1.807) is 0 Å². The zero-order chi connectivity index (χ0) is 19.9. The molecule has 0 fully saturated rings. The van der Waals surface area contributed by atoms with Gasteiger partial charge in [0, 0.05) is 0 Å². The summed E-state index contributed by atoms with van der Waals surface area (Å²) in [6.07, 6.45) is 4.09. The second kappa shape index (κ2) is 11.7. The molecular weight excluding hydrogens is 300 g/mol. The maximum atomic E-state index is 2.57. The van der Waals surface area contributed by atoms with E-state index in [1.165, 1.54) is 19.3 Å². The van der Waals surface area contributed by atoms with Crippen molar-refractivity contribution in [3.05, 3.63) is 0 Å². The van der Waals surface area contributed by atoms with Crippen LogP contribution in [0.5, 0.6) is 0 Å². The van der Waals surface area contributed by atoms with E-state index in [0.717, 1.165) is 59.2 Å². The first-order chi connectivity index (χ1) is 11.4.